The summed E-state index contributed by atoms with van der Waals surface area (Å²) in [5, 5.41) is 4.73. The summed E-state index contributed by atoms with van der Waals surface area (Å²) in [6.07, 6.45) is 3.01. The molecule has 0 spiro atoms. The van der Waals surface area contributed by atoms with Crippen LogP contribution in [0, 0.1) is 0 Å². The second-order valence-electron chi connectivity index (χ2n) is 6.54. The molecular weight excluding hydrogens is 310 g/mol. The lowest BCUT2D eigenvalue weighted by Crippen LogP contribution is -2.53. The number of nitrogens with one attached hydrogen (secondary N) is 1. The van der Waals surface area contributed by atoms with Crippen LogP contribution in [0.4, 0.5) is 0 Å². The van der Waals surface area contributed by atoms with E-state index in [1.807, 2.05) is 10.9 Å². The molecule has 4 heteroatoms. The molecular formula is C21H25N3O. The molecule has 1 saturated heterocycles. The second kappa shape index (κ2) is 7.30. The van der Waals surface area contributed by atoms with Crippen LogP contribution < -0.4 is 10.2 Å². The van der Waals surface area contributed by atoms with Crippen LogP contribution in [0.5, 0.6) is 0 Å². The Morgan fingerprint density at radius 2 is 1.88 bits per heavy atom. The number of hydrogen-bond donors (Lipinski definition) is 1. The molecule has 3 aromatic rings. The predicted octanol–water partition coefficient (Wildman–Crippen LogP) is 3.45. The van der Waals surface area contributed by atoms with Gasteiger partial charge in [-0.05, 0) is 24.1 Å². The van der Waals surface area contributed by atoms with Crippen molar-refractivity contribution in [3.63, 3.8) is 0 Å². The lowest BCUT2D eigenvalue weighted by Gasteiger charge is -2.41. The minimum absolute atomic E-state index is 0.0445. The molecule has 1 fully saturated rings. The van der Waals surface area contributed by atoms with Crippen molar-refractivity contribution < 1.29 is 4.84 Å². The third-order valence-electron chi connectivity index (χ3n) is 4.99. The van der Waals surface area contributed by atoms with Gasteiger partial charge in [-0.2, -0.15) is 4.73 Å². The van der Waals surface area contributed by atoms with Gasteiger partial charge in [0.25, 0.3) is 0 Å². The Balaban J connectivity index is 1.60. The average Bonchev–Trinajstić information content (AvgIpc) is 3.10. The number of para-hydroxylation sites is 1. The standard InChI is InChI=1S/C21H25N3O/c1-2-21(25-24-14-12-18-10-6-7-11-19(18)24)23-15-13-22-16-20(23)17-8-4-3-5-9-17/h3-12,14,20-22H,2,13,15-16H2,1H3. The number of hydrogen-bond acceptors (Lipinski definition) is 3. The quantitative estimate of drug-likeness (QED) is 0.774. The first-order valence-corrected chi connectivity index (χ1v) is 9.11. The van der Waals surface area contributed by atoms with Crippen LogP contribution in [0.1, 0.15) is 24.9 Å². The van der Waals surface area contributed by atoms with E-state index in [1.54, 1.807) is 0 Å². The van der Waals surface area contributed by atoms with Gasteiger partial charge in [0, 0.05) is 31.2 Å². The first-order chi connectivity index (χ1) is 12.4. The van der Waals surface area contributed by atoms with Crippen molar-refractivity contribution >= 4 is 10.9 Å². The Bertz CT molecular complexity index is 814. The van der Waals surface area contributed by atoms with Gasteiger partial charge in [0.1, 0.15) is 0 Å². The summed E-state index contributed by atoms with van der Waals surface area (Å²) in [7, 11) is 0. The molecule has 130 valence electrons. The summed E-state index contributed by atoms with van der Waals surface area (Å²) in [5.41, 5.74) is 2.46. The molecule has 1 aliphatic heterocycles. The van der Waals surface area contributed by atoms with Gasteiger partial charge in [-0.25, -0.2) is 0 Å². The number of nitrogens with zero attached hydrogens (tertiary/aromatic N) is 2. The SMILES string of the molecule is CCC(On1ccc2ccccc21)N1CCNCC1c1ccccc1. The highest BCUT2D eigenvalue weighted by atomic mass is 16.7. The highest BCUT2D eigenvalue weighted by Gasteiger charge is 2.30. The van der Waals surface area contributed by atoms with Gasteiger partial charge < -0.3 is 10.2 Å². The van der Waals surface area contributed by atoms with Gasteiger partial charge in [-0.15, -0.1) is 0 Å². The molecule has 2 heterocycles. The molecule has 4 rings (SSSR count). The topological polar surface area (TPSA) is 29.4 Å². The number of fused-ring (bicyclic) bond motifs is 1. The summed E-state index contributed by atoms with van der Waals surface area (Å²) in [4.78, 5) is 8.91. The number of aromatic nitrogens is 1. The molecule has 1 aromatic heterocycles. The monoisotopic (exact) mass is 335 g/mol. The van der Waals surface area contributed by atoms with Gasteiger partial charge in [0.2, 0.25) is 0 Å². The van der Waals surface area contributed by atoms with E-state index in [0.717, 1.165) is 31.6 Å². The van der Waals surface area contributed by atoms with Gasteiger partial charge >= 0.3 is 0 Å². The minimum Gasteiger partial charge on any atom is -0.395 e. The van der Waals surface area contributed by atoms with Crippen LogP contribution in [0.15, 0.2) is 66.9 Å². The second-order valence-corrected chi connectivity index (χ2v) is 6.54. The van der Waals surface area contributed by atoms with Crippen molar-refractivity contribution in [3.05, 3.63) is 72.4 Å². The fourth-order valence-electron chi connectivity index (χ4n) is 3.70. The molecule has 2 unspecified atom stereocenters. The van der Waals surface area contributed by atoms with Gasteiger partial charge in [-0.3, -0.25) is 4.90 Å². The minimum atomic E-state index is 0.0445. The third-order valence-corrected chi connectivity index (χ3v) is 4.99. The maximum Gasteiger partial charge on any atom is 0.179 e. The summed E-state index contributed by atoms with van der Waals surface area (Å²) >= 11 is 0. The van der Waals surface area contributed by atoms with Crippen molar-refractivity contribution in [1.82, 2.24) is 14.9 Å². The van der Waals surface area contributed by atoms with Crippen molar-refractivity contribution in [2.75, 3.05) is 19.6 Å². The van der Waals surface area contributed by atoms with Crippen LogP contribution in [0.2, 0.25) is 0 Å². The molecule has 2 aromatic carbocycles. The molecule has 25 heavy (non-hydrogen) atoms. The first kappa shape index (κ1) is 16.2. The fourth-order valence-corrected chi connectivity index (χ4v) is 3.70. The van der Waals surface area contributed by atoms with E-state index >= 15 is 0 Å². The number of rotatable bonds is 5. The summed E-state index contributed by atoms with van der Waals surface area (Å²) in [5.74, 6) is 0. The Morgan fingerprint density at radius 1 is 1.08 bits per heavy atom. The number of piperazine rings is 1. The van der Waals surface area contributed by atoms with E-state index in [-0.39, 0.29) is 6.23 Å². The van der Waals surface area contributed by atoms with Crippen molar-refractivity contribution in [2.24, 2.45) is 0 Å². The maximum absolute atomic E-state index is 6.42. The molecule has 2 atom stereocenters. The molecule has 0 aliphatic carbocycles. The Hall–Kier alpha value is -2.30. The van der Waals surface area contributed by atoms with Crippen LogP contribution in [-0.2, 0) is 0 Å². The largest absolute Gasteiger partial charge is 0.395 e. The Kier molecular flexibility index (Phi) is 4.72. The molecule has 0 amide bonds. The molecule has 1 aliphatic rings. The zero-order valence-electron chi connectivity index (χ0n) is 14.6. The highest BCUT2D eigenvalue weighted by molar-refractivity contribution is 5.79. The molecule has 0 bridgehead atoms. The van der Waals surface area contributed by atoms with E-state index in [4.69, 9.17) is 4.84 Å². The van der Waals surface area contributed by atoms with Crippen LogP contribution in [0.25, 0.3) is 10.9 Å². The summed E-state index contributed by atoms with van der Waals surface area (Å²) in [6, 6.07) is 21.5. The normalized spacial score (nSPS) is 19.8. The van der Waals surface area contributed by atoms with Crippen LogP contribution in [-0.4, -0.2) is 35.5 Å². The molecule has 4 nitrogen and oxygen atoms in total. The average molecular weight is 335 g/mol. The number of benzene rings is 2. The van der Waals surface area contributed by atoms with Crippen molar-refractivity contribution in [1.29, 1.82) is 0 Å². The van der Waals surface area contributed by atoms with E-state index in [9.17, 15) is 0 Å². The third kappa shape index (κ3) is 3.28. The molecule has 0 saturated carbocycles. The Morgan fingerprint density at radius 3 is 2.72 bits per heavy atom. The van der Waals surface area contributed by atoms with Gasteiger partial charge in [-0.1, -0.05) is 55.5 Å². The highest BCUT2D eigenvalue weighted by Crippen LogP contribution is 2.25. The van der Waals surface area contributed by atoms with Gasteiger partial charge in [0.05, 0.1) is 11.6 Å². The van der Waals surface area contributed by atoms with Crippen molar-refractivity contribution in [3.8, 4) is 0 Å². The first-order valence-electron chi connectivity index (χ1n) is 9.11. The van der Waals surface area contributed by atoms with E-state index in [2.05, 4.69) is 77.8 Å². The zero-order chi connectivity index (χ0) is 17.1. The molecule has 1 N–H and O–H groups in total. The van der Waals surface area contributed by atoms with Gasteiger partial charge in [0.15, 0.2) is 6.23 Å². The summed E-state index contributed by atoms with van der Waals surface area (Å²) in [6.45, 7) is 5.13. The van der Waals surface area contributed by atoms with E-state index in [1.165, 1.54) is 10.9 Å². The van der Waals surface area contributed by atoms with E-state index in [0.29, 0.717) is 6.04 Å². The lowest BCUT2D eigenvalue weighted by molar-refractivity contribution is -0.0892. The Labute approximate surface area is 149 Å². The zero-order valence-corrected chi connectivity index (χ0v) is 14.6. The van der Waals surface area contributed by atoms with Crippen molar-refractivity contribution in [2.45, 2.75) is 25.6 Å². The lowest BCUT2D eigenvalue weighted by atomic mass is 10.0. The maximum atomic E-state index is 6.42. The van der Waals surface area contributed by atoms with Crippen LogP contribution >= 0.6 is 0 Å². The van der Waals surface area contributed by atoms with Crippen LogP contribution in [0.3, 0.4) is 0 Å². The summed E-state index contributed by atoms with van der Waals surface area (Å²) < 4.78 is 1.92. The van der Waals surface area contributed by atoms with E-state index < -0.39 is 0 Å². The molecule has 0 radical (unpaired) electrons. The fraction of sp³-hybridized carbons (Fsp3) is 0.333. The smallest absolute Gasteiger partial charge is 0.179 e. The predicted molar refractivity (Wildman–Crippen MR) is 101 cm³/mol.